The average Bonchev–Trinajstić information content (AvgIpc) is 2.45. The molecule has 0 aromatic heterocycles. The van der Waals surface area contributed by atoms with Crippen molar-refractivity contribution in [2.45, 2.75) is 64.5 Å². The first-order chi connectivity index (χ1) is 9.20. The van der Waals surface area contributed by atoms with Crippen LogP contribution in [0.5, 0.6) is 0 Å². The van der Waals surface area contributed by atoms with Gasteiger partial charge in [0, 0.05) is 31.7 Å². The molecule has 0 spiro atoms. The number of piperidine rings is 1. The van der Waals surface area contributed by atoms with Gasteiger partial charge in [-0.25, -0.2) is 0 Å². The highest BCUT2D eigenvalue weighted by molar-refractivity contribution is 4.88. The summed E-state index contributed by atoms with van der Waals surface area (Å²) < 4.78 is 0. The molecule has 2 aliphatic rings. The van der Waals surface area contributed by atoms with Gasteiger partial charge in [-0.15, -0.1) is 0 Å². The minimum absolute atomic E-state index is 0.256. The van der Waals surface area contributed by atoms with Gasteiger partial charge in [0.15, 0.2) is 0 Å². The lowest BCUT2D eigenvalue weighted by atomic mass is 9.83. The van der Waals surface area contributed by atoms with Crippen molar-refractivity contribution in [2.24, 2.45) is 11.8 Å². The Hall–Kier alpha value is -0.120. The van der Waals surface area contributed by atoms with Crippen molar-refractivity contribution < 1.29 is 5.11 Å². The van der Waals surface area contributed by atoms with Gasteiger partial charge in [0.05, 0.1) is 6.61 Å². The topological polar surface area (TPSA) is 35.5 Å². The third kappa shape index (κ3) is 4.44. The summed E-state index contributed by atoms with van der Waals surface area (Å²) in [5.41, 5.74) is 0. The maximum atomic E-state index is 9.01. The van der Waals surface area contributed by atoms with Crippen molar-refractivity contribution in [1.82, 2.24) is 10.2 Å². The van der Waals surface area contributed by atoms with Gasteiger partial charge in [0.25, 0.3) is 0 Å². The molecule has 0 bridgehead atoms. The highest BCUT2D eigenvalue weighted by Crippen LogP contribution is 2.30. The third-order valence-corrected chi connectivity index (χ3v) is 5.09. The molecular weight excluding hydrogens is 236 g/mol. The van der Waals surface area contributed by atoms with Gasteiger partial charge in [-0.05, 0) is 31.1 Å². The summed E-state index contributed by atoms with van der Waals surface area (Å²) >= 11 is 0. The molecule has 1 aliphatic carbocycles. The van der Waals surface area contributed by atoms with E-state index in [1.54, 1.807) is 0 Å². The van der Waals surface area contributed by atoms with Crippen LogP contribution in [-0.4, -0.2) is 48.3 Å². The zero-order valence-electron chi connectivity index (χ0n) is 12.8. The van der Waals surface area contributed by atoms with Gasteiger partial charge in [0.1, 0.15) is 0 Å². The number of hydrogen-bond donors (Lipinski definition) is 2. The van der Waals surface area contributed by atoms with Crippen LogP contribution in [0.25, 0.3) is 0 Å². The summed E-state index contributed by atoms with van der Waals surface area (Å²) in [6.07, 6.45) is 8.35. The Morgan fingerprint density at radius 3 is 2.53 bits per heavy atom. The highest BCUT2D eigenvalue weighted by atomic mass is 16.3. The van der Waals surface area contributed by atoms with Gasteiger partial charge in [-0.2, -0.15) is 0 Å². The molecule has 2 atom stereocenters. The van der Waals surface area contributed by atoms with Crippen molar-refractivity contribution in [2.75, 3.05) is 26.2 Å². The lowest BCUT2D eigenvalue weighted by Crippen LogP contribution is -2.54. The van der Waals surface area contributed by atoms with E-state index in [2.05, 4.69) is 24.1 Å². The lowest BCUT2D eigenvalue weighted by molar-refractivity contribution is 0.0607. The lowest BCUT2D eigenvalue weighted by Gasteiger charge is -2.44. The third-order valence-electron chi connectivity index (χ3n) is 5.09. The molecule has 3 heteroatoms. The molecule has 0 aromatic rings. The molecular formula is C16H32N2O. The maximum absolute atomic E-state index is 9.01. The van der Waals surface area contributed by atoms with Crippen LogP contribution in [0.1, 0.15) is 52.4 Å². The van der Waals surface area contributed by atoms with E-state index in [9.17, 15) is 0 Å². The SMILES string of the molecule is CC(C)C1CC(NCCO)CN(C2CCCCC2)C1. The largest absolute Gasteiger partial charge is 0.395 e. The number of hydrogen-bond acceptors (Lipinski definition) is 3. The Kier molecular flexibility index (Phi) is 6.11. The monoisotopic (exact) mass is 268 g/mol. The molecule has 1 heterocycles. The molecule has 0 amide bonds. The molecule has 2 rings (SSSR count). The van der Waals surface area contributed by atoms with Crippen molar-refractivity contribution >= 4 is 0 Å². The summed E-state index contributed by atoms with van der Waals surface area (Å²) in [6.45, 7) is 8.20. The number of aliphatic hydroxyl groups excluding tert-OH is 1. The highest BCUT2D eigenvalue weighted by Gasteiger charge is 2.32. The molecule has 2 fully saturated rings. The second kappa shape index (κ2) is 7.61. The first kappa shape index (κ1) is 15.3. The molecule has 1 aliphatic heterocycles. The van der Waals surface area contributed by atoms with E-state index in [1.807, 2.05) is 0 Å². The van der Waals surface area contributed by atoms with E-state index in [4.69, 9.17) is 5.11 Å². The molecule has 3 nitrogen and oxygen atoms in total. The first-order valence-electron chi connectivity index (χ1n) is 8.29. The van der Waals surface area contributed by atoms with Gasteiger partial charge >= 0.3 is 0 Å². The van der Waals surface area contributed by atoms with Crippen LogP contribution in [0.4, 0.5) is 0 Å². The number of nitrogens with zero attached hydrogens (tertiary/aromatic N) is 1. The number of likely N-dealkylation sites (tertiary alicyclic amines) is 1. The zero-order valence-corrected chi connectivity index (χ0v) is 12.8. The summed E-state index contributed by atoms with van der Waals surface area (Å²) in [5.74, 6) is 1.58. The predicted molar refractivity (Wildman–Crippen MR) is 80.3 cm³/mol. The van der Waals surface area contributed by atoms with E-state index in [1.165, 1.54) is 51.6 Å². The fourth-order valence-corrected chi connectivity index (χ4v) is 3.82. The van der Waals surface area contributed by atoms with Crippen molar-refractivity contribution in [3.63, 3.8) is 0 Å². The van der Waals surface area contributed by atoms with Crippen LogP contribution >= 0.6 is 0 Å². The van der Waals surface area contributed by atoms with Crippen LogP contribution in [0, 0.1) is 11.8 Å². The second-order valence-electron chi connectivity index (χ2n) is 6.86. The summed E-state index contributed by atoms with van der Waals surface area (Å²) in [5, 5.41) is 12.5. The Morgan fingerprint density at radius 2 is 1.89 bits per heavy atom. The van der Waals surface area contributed by atoms with Crippen LogP contribution in [0.3, 0.4) is 0 Å². The molecule has 19 heavy (non-hydrogen) atoms. The fourth-order valence-electron chi connectivity index (χ4n) is 3.82. The van der Waals surface area contributed by atoms with Crippen LogP contribution in [0.2, 0.25) is 0 Å². The molecule has 1 saturated heterocycles. The Morgan fingerprint density at radius 1 is 1.16 bits per heavy atom. The Labute approximate surface area is 118 Å². The average molecular weight is 268 g/mol. The number of aliphatic hydroxyl groups is 1. The van der Waals surface area contributed by atoms with Gasteiger partial charge in [-0.3, -0.25) is 4.90 Å². The van der Waals surface area contributed by atoms with Crippen LogP contribution in [-0.2, 0) is 0 Å². The smallest absolute Gasteiger partial charge is 0.0556 e. The summed E-state index contributed by atoms with van der Waals surface area (Å²) in [6, 6.07) is 1.41. The molecule has 1 saturated carbocycles. The Bertz CT molecular complexity index is 251. The maximum Gasteiger partial charge on any atom is 0.0556 e. The summed E-state index contributed by atoms with van der Waals surface area (Å²) in [4.78, 5) is 2.75. The second-order valence-corrected chi connectivity index (χ2v) is 6.86. The zero-order chi connectivity index (χ0) is 13.7. The van der Waals surface area contributed by atoms with Crippen molar-refractivity contribution in [3.05, 3.63) is 0 Å². The van der Waals surface area contributed by atoms with Crippen molar-refractivity contribution in [3.8, 4) is 0 Å². The summed E-state index contributed by atoms with van der Waals surface area (Å²) in [7, 11) is 0. The standard InChI is InChI=1S/C16H32N2O/c1-13(2)14-10-15(17-8-9-19)12-18(11-14)16-6-4-3-5-7-16/h13-17,19H,3-12H2,1-2H3. The minimum atomic E-state index is 0.256. The van der Waals surface area contributed by atoms with E-state index in [-0.39, 0.29) is 6.61 Å². The fraction of sp³-hybridized carbons (Fsp3) is 1.00. The quantitative estimate of drug-likeness (QED) is 0.803. The van der Waals surface area contributed by atoms with Crippen LogP contribution in [0.15, 0.2) is 0 Å². The normalized spacial score (nSPS) is 30.9. The predicted octanol–water partition coefficient (Wildman–Crippen LogP) is 2.25. The number of nitrogens with one attached hydrogen (secondary N) is 1. The van der Waals surface area contributed by atoms with E-state index >= 15 is 0 Å². The molecule has 0 radical (unpaired) electrons. The van der Waals surface area contributed by atoms with Gasteiger partial charge in [0.2, 0.25) is 0 Å². The van der Waals surface area contributed by atoms with Crippen LogP contribution < -0.4 is 5.32 Å². The molecule has 2 N–H and O–H groups in total. The van der Waals surface area contributed by atoms with E-state index in [0.717, 1.165) is 24.4 Å². The molecule has 112 valence electrons. The van der Waals surface area contributed by atoms with E-state index < -0.39 is 0 Å². The molecule has 2 unspecified atom stereocenters. The van der Waals surface area contributed by atoms with Crippen molar-refractivity contribution in [1.29, 1.82) is 0 Å². The Balaban J connectivity index is 1.92. The number of rotatable bonds is 5. The van der Waals surface area contributed by atoms with Gasteiger partial charge in [-0.1, -0.05) is 33.1 Å². The first-order valence-corrected chi connectivity index (χ1v) is 8.29. The minimum Gasteiger partial charge on any atom is -0.395 e. The van der Waals surface area contributed by atoms with Gasteiger partial charge < -0.3 is 10.4 Å². The molecule has 0 aromatic carbocycles. The van der Waals surface area contributed by atoms with E-state index in [0.29, 0.717) is 6.04 Å².